The summed E-state index contributed by atoms with van der Waals surface area (Å²) in [4.78, 5) is 24.3. The molecule has 0 bridgehead atoms. The molecule has 2 aromatic rings. The van der Waals surface area contributed by atoms with Gasteiger partial charge in [0.15, 0.2) is 0 Å². The van der Waals surface area contributed by atoms with Crippen molar-refractivity contribution in [3.05, 3.63) is 52.5 Å². The highest BCUT2D eigenvalue weighted by Gasteiger charge is 2.13. The average molecular weight is 434 g/mol. The molecule has 2 rings (SSSR count). The Hall–Kier alpha value is -2.87. The monoisotopic (exact) mass is 433 g/mol. The highest BCUT2D eigenvalue weighted by atomic mass is 79.9. The third-order valence-electron chi connectivity index (χ3n) is 3.55. The normalized spacial score (nSPS) is 10.9. The van der Waals surface area contributed by atoms with E-state index in [-0.39, 0.29) is 12.3 Å². The van der Waals surface area contributed by atoms with Gasteiger partial charge in [0.05, 0.1) is 26.2 Å². The number of nitrogens with one attached hydrogen (secondary N) is 2. The summed E-state index contributed by atoms with van der Waals surface area (Å²) < 4.78 is 11.2. The van der Waals surface area contributed by atoms with E-state index in [1.165, 1.54) is 14.2 Å². The summed E-state index contributed by atoms with van der Waals surface area (Å²) in [6.45, 7) is 1.66. The Bertz CT molecular complexity index is 851. The molecular formula is C19H20BrN3O4. The van der Waals surface area contributed by atoms with Crippen molar-refractivity contribution >= 4 is 39.1 Å². The molecule has 2 N–H and O–H groups in total. The van der Waals surface area contributed by atoms with Gasteiger partial charge in [-0.25, -0.2) is 5.43 Å². The fourth-order valence-electron chi connectivity index (χ4n) is 2.20. The number of halogens is 1. The predicted octanol–water partition coefficient (Wildman–Crippen LogP) is 3.60. The quantitative estimate of drug-likeness (QED) is 0.515. The summed E-state index contributed by atoms with van der Waals surface area (Å²) in [7, 11) is 2.99. The molecule has 2 amide bonds. The number of hydrazone groups is 1. The second kappa shape index (κ2) is 9.72. The molecule has 0 spiro atoms. The zero-order chi connectivity index (χ0) is 19.8. The Morgan fingerprint density at radius 1 is 1.07 bits per heavy atom. The van der Waals surface area contributed by atoms with E-state index in [4.69, 9.17) is 9.47 Å². The number of rotatable bonds is 7. The Labute approximate surface area is 165 Å². The lowest BCUT2D eigenvalue weighted by atomic mass is 10.2. The number of amides is 2. The van der Waals surface area contributed by atoms with Crippen molar-refractivity contribution in [1.82, 2.24) is 5.43 Å². The smallest absolute Gasteiger partial charge is 0.275 e. The SMILES string of the molecule is COc1ccc(C(=O)N/N=C(\C)CC(=O)Nc2ccc(Br)cc2)c(OC)c1. The fourth-order valence-corrected chi connectivity index (χ4v) is 2.47. The number of anilines is 1. The molecule has 2 aromatic carbocycles. The van der Waals surface area contributed by atoms with Crippen molar-refractivity contribution in [3.63, 3.8) is 0 Å². The topological polar surface area (TPSA) is 89.0 Å². The Morgan fingerprint density at radius 2 is 1.78 bits per heavy atom. The lowest BCUT2D eigenvalue weighted by Crippen LogP contribution is -2.22. The number of ether oxygens (including phenoxy) is 2. The van der Waals surface area contributed by atoms with Crippen LogP contribution in [0, 0.1) is 0 Å². The zero-order valence-electron chi connectivity index (χ0n) is 15.2. The summed E-state index contributed by atoms with van der Waals surface area (Å²) in [6, 6.07) is 12.1. The molecule has 0 heterocycles. The highest BCUT2D eigenvalue weighted by molar-refractivity contribution is 9.10. The van der Waals surface area contributed by atoms with Crippen LogP contribution >= 0.6 is 15.9 Å². The molecule has 7 nitrogen and oxygen atoms in total. The van der Waals surface area contributed by atoms with Crippen LogP contribution < -0.4 is 20.2 Å². The molecular weight excluding hydrogens is 414 g/mol. The molecule has 0 aromatic heterocycles. The van der Waals surface area contributed by atoms with E-state index in [2.05, 4.69) is 31.8 Å². The number of carbonyl (C=O) groups is 2. The van der Waals surface area contributed by atoms with E-state index < -0.39 is 5.91 Å². The van der Waals surface area contributed by atoms with E-state index in [0.29, 0.717) is 28.5 Å². The molecule has 0 aliphatic heterocycles. The molecule has 27 heavy (non-hydrogen) atoms. The van der Waals surface area contributed by atoms with Crippen LogP contribution in [0.25, 0.3) is 0 Å². The number of hydrogen-bond donors (Lipinski definition) is 2. The van der Waals surface area contributed by atoms with Gasteiger partial charge in [-0.05, 0) is 43.3 Å². The second-order valence-electron chi connectivity index (χ2n) is 5.59. The maximum absolute atomic E-state index is 12.3. The highest BCUT2D eigenvalue weighted by Crippen LogP contribution is 2.24. The molecule has 8 heteroatoms. The predicted molar refractivity (Wildman–Crippen MR) is 108 cm³/mol. The van der Waals surface area contributed by atoms with Gasteiger partial charge in [-0.3, -0.25) is 9.59 Å². The van der Waals surface area contributed by atoms with Gasteiger partial charge < -0.3 is 14.8 Å². The largest absolute Gasteiger partial charge is 0.497 e. The Morgan fingerprint density at radius 3 is 2.41 bits per heavy atom. The number of nitrogens with zero attached hydrogens (tertiary/aromatic N) is 1. The molecule has 142 valence electrons. The first-order chi connectivity index (χ1) is 12.9. The number of carbonyl (C=O) groups excluding carboxylic acids is 2. The summed E-state index contributed by atoms with van der Waals surface area (Å²) in [6.07, 6.45) is 0.0517. The number of hydrogen-bond acceptors (Lipinski definition) is 5. The third kappa shape index (κ3) is 6.10. The molecule has 0 radical (unpaired) electrons. The second-order valence-corrected chi connectivity index (χ2v) is 6.50. The van der Waals surface area contributed by atoms with Gasteiger partial charge >= 0.3 is 0 Å². The third-order valence-corrected chi connectivity index (χ3v) is 4.07. The van der Waals surface area contributed by atoms with E-state index in [1.807, 2.05) is 12.1 Å². The molecule has 0 aliphatic rings. The lowest BCUT2D eigenvalue weighted by molar-refractivity contribution is -0.115. The van der Waals surface area contributed by atoms with Crippen LogP contribution in [0.5, 0.6) is 11.5 Å². The molecule has 0 aliphatic carbocycles. The van der Waals surface area contributed by atoms with Gasteiger partial charge in [0.2, 0.25) is 5.91 Å². The van der Waals surface area contributed by atoms with Crippen LogP contribution in [0.15, 0.2) is 52.0 Å². The maximum Gasteiger partial charge on any atom is 0.275 e. The van der Waals surface area contributed by atoms with Gasteiger partial charge in [0, 0.05) is 21.9 Å². The van der Waals surface area contributed by atoms with E-state index in [0.717, 1.165) is 4.47 Å². The first-order valence-electron chi connectivity index (χ1n) is 8.04. The van der Waals surface area contributed by atoms with Crippen LogP contribution in [0.3, 0.4) is 0 Å². The van der Waals surface area contributed by atoms with Crippen LogP contribution in [-0.4, -0.2) is 31.7 Å². The van der Waals surface area contributed by atoms with Crippen molar-refractivity contribution in [2.75, 3.05) is 19.5 Å². The number of methoxy groups -OCH3 is 2. The maximum atomic E-state index is 12.3. The minimum Gasteiger partial charge on any atom is -0.497 e. The van der Waals surface area contributed by atoms with Gasteiger partial charge in [0.25, 0.3) is 5.91 Å². The first-order valence-corrected chi connectivity index (χ1v) is 8.83. The molecule has 0 saturated carbocycles. The van der Waals surface area contributed by atoms with Crippen molar-refractivity contribution < 1.29 is 19.1 Å². The summed E-state index contributed by atoms with van der Waals surface area (Å²) >= 11 is 3.34. The van der Waals surface area contributed by atoms with Gasteiger partial charge in [0.1, 0.15) is 11.5 Å². The van der Waals surface area contributed by atoms with Crippen molar-refractivity contribution in [2.45, 2.75) is 13.3 Å². The summed E-state index contributed by atoms with van der Waals surface area (Å²) in [5.74, 6) is 0.275. The van der Waals surface area contributed by atoms with Crippen LogP contribution in [0.1, 0.15) is 23.7 Å². The molecule has 0 fully saturated rings. The van der Waals surface area contributed by atoms with Crippen molar-refractivity contribution in [2.24, 2.45) is 5.10 Å². The summed E-state index contributed by atoms with van der Waals surface area (Å²) in [5, 5.41) is 6.74. The zero-order valence-corrected chi connectivity index (χ0v) is 16.8. The fraction of sp³-hybridized carbons (Fsp3) is 0.211. The minimum atomic E-state index is -0.442. The minimum absolute atomic E-state index is 0.0517. The van der Waals surface area contributed by atoms with Gasteiger partial charge in [-0.2, -0.15) is 5.10 Å². The summed E-state index contributed by atoms with van der Waals surface area (Å²) in [5.41, 5.74) is 3.89. The average Bonchev–Trinajstić information content (AvgIpc) is 2.67. The van der Waals surface area contributed by atoms with Gasteiger partial charge in [-0.15, -0.1) is 0 Å². The van der Waals surface area contributed by atoms with Crippen molar-refractivity contribution in [1.29, 1.82) is 0 Å². The van der Waals surface area contributed by atoms with Crippen LogP contribution in [0.2, 0.25) is 0 Å². The Balaban J connectivity index is 1.95. The van der Waals surface area contributed by atoms with E-state index in [1.54, 1.807) is 37.3 Å². The van der Waals surface area contributed by atoms with E-state index >= 15 is 0 Å². The standard InChI is InChI=1S/C19H20BrN3O4/c1-12(10-18(24)21-14-6-4-13(20)5-7-14)22-23-19(25)16-9-8-15(26-2)11-17(16)27-3/h4-9,11H,10H2,1-3H3,(H,21,24)(H,23,25)/b22-12+. The van der Waals surface area contributed by atoms with Crippen LogP contribution in [-0.2, 0) is 4.79 Å². The van der Waals surface area contributed by atoms with E-state index in [9.17, 15) is 9.59 Å². The molecule has 0 saturated heterocycles. The molecule has 0 atom stereocenters. The molecule has 0 unspecified atom stereocenters. The Kier molecular flexibility index (Phi) is 7.36. The van der Waals surface area contributed by atoms with Gasteiger partial charge in [-0.1, -0.05) is 15.9 Å². The van der Waals surface area contributed by atoms with Crippen LogP contribution in [0.4, 0.5) is 5.69 Å². The lowest BCUT2D eigenvalue weighted by Gasteiger charge is -2.09. The number of benzene rings is 2. The first kappa shape index (κ1) is 20.4. The van der Waals surface area contributed by atoms with Crippen molar-refractivity contribution in [3.8, 4) is 11.5 Å².